The molecule has 1 fully saturated rings. The van der Waals surface area contributed by atoms with Gasteiger partial charge in [-0.05, 0) is 33.9 Å². The predicted octanol–water partition coefficient (Wildman–Crippen LogP) is 2.77. The number of hydrogen-bond acceptors (Lipinski definition) is 7. The van der Waals surface area contributed by atoms with Crippen molar-refractivity contribution in [1.29, 1.82) is 0 Å². The van der Waals surface area contributed by atoms with E-state index in [1.165, 1.54) is 0 Å². The number of aromatic nitrogens is 3. The first kappa shape index (κ1) is 18.5. The zero-order valence-electron chi connectivity index (χ0n) is 15.3. The van der Waals surface area contributed by atoms with Crippen molar-refractivity contribution in [2.45, 2.75) is 25.8 Å². The summed E-state index contributed by atoms with van der Waals surface area (Å²) >= 11 is 1.57. The molecule has 3 heterocycles. The molecular formula is C18H24N6OS. The van der Waals surface area contributed by atoms with Gasteiger partial charge in [-0.1, -0.05) is 6.08 Å². The summed E-state index contributed by atoms with van der Waals surface area (Å²) in [6.07, 6.45) is 10.6. The van der Waals surface area contributed by atoms with Crippen LogP contribution in [0.2, 0.25) is 0 Å². The Morgan fingerprint density at radius 2 is 2.19 bits per heavy atom. The Labute approximate surface area is 157 Å². The summed E-state index contributed by atoms with van der Waals surface area (Å²) in [5.74, 6) is 0.694. The first-order valence-electron chi connectivity index (χ1n) is 8.67. The number of rotatable bonds is 6. The molecule has 1 aliphatic rings. The van der Waals surface area contributed by atoms with E-state index in [2.05, 4.69) is 20.3 Å². The topological polar surface area (TPSA) is 74.2 Å². The van der Waals surface area contributed by atoms with Gasteiger partial charge in [0.25, 0.3) is 0 Å². The summed E-state index contributed by atoms with van der Waals surface area (Å²) in [6, 6.07) is -0.0660. The Hall–Kier alpha value is -2.32. The van der Waals surface area contributed by atoms with Crippen LogP contribution < -0.4 is 5.32 Å². The molecule has 26 heavy (non-hydrogen) atoms. The summed E-state index contributed by atoms with van der Waals surface area (Å²) in [6.45, 7) is 3.49. The SMILES string of the molecule is Cc1cnc(Nc2nccnc2C2CCCN2C(=O)/C=C/CN(C)C)s1. The van der Waals surface area contributed by atoms with Crippen molar-refractivity contribution in [1.82, 2.24) is 24.8 Å². The number of nitrogens with one attached hydrogen (secondary N) is 1. The molecule has 2 aromatic heterocycles. The maximum Gasteiger partial charge on any atom is 0.246 e. The standard InChI is InChI=1S/C18H24N6OS/c1-13-12-21-18(26-13)22-17-16(19-8-9-20-17)14-6-4-11-24(14)15(25)7-5-10-23(2)3/h5,7-9,12,14H,4,6,10-11H2,1-3H3,(H,20,21,22)/b7-5+. The average Bonchev–Trinajstić information content (AvgIpc) is 3.24. The van der Waals surface area contributed by atoms with Crippen LogP contribution in [0.1, 0.15) is 29.5 Å². The monoisotopic (exact) mass is 372 g/mol. The highest BCUT2D eigenvalue weighted by molar-refractivity contribution is 7.15. The zero-order valence-corrected chi connectivity index (χ0v) is 16.2. The summed E-state index contributed by atoms with van der Waals surface area (Å²) < 4.78 is 0. The minimum absolute atomic E-state index is 0.0241. The van der Waals surface area contributed by atoms with Crippen LogP contribution in [0.5, 0.6) is 0 Å². The van der Waals surface area contributed by atoms with Gasteiger partial charge in [-0.2, -0.15) is 0 Å². The van der Waals surface area contributed by atoms with Crippen molar-refractivity contribution >= 4 is 28.2 Å². The van der Waals surface area contributed by atoms with Gasteiger partial charge in [-0.3, -0.25) is 9.78 Å². The molecule has 1 saturated heterocycles. The Balaban J connectivity index is 1.79. The highest BCUT2D eigenvalue weighted by Gasteiger charge is 2.32. The van der Waals surface area contributed by atoms with Crippen LogP contribution in [0.15, 0.2) is 30.7 Å². The Kier molecular flexibility index (Phi) is 5.95. The molecule has 1 atom stereocenters. The third kappa shape index (κ3) is 4.44. The van der Waals surface area contributed by atoms with E-state index in [1.54, 1.807) is 29.8 Å². The maximum atomic E-state index is 12.6. The molecule has 3 rings (SSSR count). The fraction of sp³-hybridized carbons (Fsp3) is 0.444. The number of carbonyl (C=O) groups excluding carboxylic acids is 1. The van der Waals surface area contributed by atoms with Gasteiger partial charge in [0.2, 0.25) is 5.91 Å². The average molecular weight is 372 g/mol. The first-order valence-corrected chi connectivity index (χ1v) is 9.48. The second-order valence-electron chi connectivity index (χ2n) is 6.55. The molecule has 0 aromatic carbocycles. The minimum Gasteiger partial charge on any atom is -0.330 e. The number of nitrogens with zero attached hydrogens (tertiary/aromatic N) is 5. The van der Waals surface area contributed by atoms with E-state index in [-0.39, 0.29) is 11.9 Å². The predicted molar refractivity (Wildman–Crippen MR) is 104 cm³/mol. The van der Waals surface area contributed by atoms with Crippen molar-refractivity contribution < 1.29 is 4.79 Å². The zero-order chi connectivity index (χ0) is 18.5. The molecule has 1 aliphatic heterocycles. The Bertz CT molecular complexity index is 787. The van der Waals surface area contributed by atoms with Crippen LogP contribution in [-0.2, 0) is 4.79 Å². The lowest BCUT2D eigenvalue weighted by Crippen LogP contribution is -2.30. The number of carbonyl (C=O) groups is 1. The number of thiazole rings is 1. The van der Waals surface area contributed by atoms with E-state index in [4.69, 9.17) is 0 Å². The number of likely N-dealkylation sites (N-methyl/N-ethyl adjacent to an activating group) is 1. The lowest BCUT2D eigenvalue weighted by atomic mass is 10.1. The quantitative estimate of drug-likeness (QED) is 0.786. The molecule has 0 aliphatic carbocycles. The van der Waals surface area contributed by atoms with E-state index in [0.717, 1.165) is 41.6 Å². The molecular weight excluding hydrogens is 348 g/mol. The van der Waals surface area contributed by atoms with Crippen LogP contribution in [0.25, 0.3) is 0 Å². The number of likely N-dealkylation sites (tertiary alicyclic amines) is 1. The summed E-state index contributed by atoms with van der Waals surface area (Å²) in [5, 5.41) is 4.04. The molecule has 0 radical (unpaired) electrons. The van der Waals surface area contributed by atoms with E-state index < -0.39 is 0 Å². The van der Waals surface area contributed by atoms with E-state index >= 15 is 0 Å². The Morgan fingerprint density at radius 3 is 2.92 bits per heavy atom. The maximum absolute atomic E-state index is 12.6. The molecule has 8 heteroatoms. The van der Waals surface area contributed by atoms with E-state index in [1.807, 2.05) is 43.1 Å². The van der Waals surface area contributed by atoms with Gasteiger partial charge in [-0.15, -0.1) is 11.3 Å². The summed E-state index contributed by atoms with van der Waals surface area (Å²) in [4.78, 5) is 31.0. The van der Waals surface area contributed by atoms with Crippen LogP contribution in [0, 0.1) is 6.92 Å². The van der Waals surface area contributed by atoms with Crippen LogP contribution in [0.3, 0.4) is 0 Å². The van der Waals surface area contributed by atoms with Crippen molar-refractivity contribution in [3.05, 3.63) is 41.3 Å². The van der Waals surface area contributed by atoms with Gasteiger partial charge in [0.05, 0.1) is 6.04 Å². The smallest absolute Gasteiger partial charge is 0.246 e. The van der Waals surface area contributed by atoms with Crippen molar-refractivity contribution in [3.8, 4) is 0 Å². The van der Waals surface area contributed by atoms with Crippen molar-refractivity contribution in [2.24, 2.45) is 0 Å². The molecule has 0 spiro atoms. The molecule has 1 amide bonds. The third-order valence-electron chi connectivity index (χ3n) is 4.16. The molecule has 0 bridgehead atoms. The molecule has 1 N–H and O–H groups in total. The molecule has 2 aromatic rings. The lowest BCUT2D eigenvalue weighted by molar-refractivity contribution is -0.127. The van der Waals surface area contributed by atoms with Crippen LogP contribution in [0.4, 0.5) is 10.9 Å². The number of aryl methyl sites for hydroxylation is 1. The fourth-order valence-electron chi connectivity index (χ4n) is 2.98. The number of amides is 1. The van der Waals surface area contributed by atoms with Gasteiger partial charge < -0.3 is 15.1 Å². The molecule has 7 nitrogen and oxygen atoms in total. The second-order valence-corrected chi connectivity index (χ2v) is 7.78. The fourth-order valence-corrected chi connectivity index (χ4v) is 3.64. The van der Waals surface area contributed by atoms with E-state index in [9.17, 15) is 4.79 Å². The first-order chi connectivity index (χ1) is 12.5. The normalized spacial score (nSPS) is 17.4. The largest absolute Gasteiger partial charge is 0.330 e. The van der Waals surface area contributed by atoms with Gasteiger partial charge >= 0.3 is 0 Å². The molecule has 138 valence electrons. The molecule has 0 saturated carbocycles. The van der Waals surface area contributed by atoms with Crippen molar-refractivity contribution in [2.75, 3.05) is 32.5 Å². The van der Waals surface area contributed by atoms with Crippen molar-refractivity contribution in [3.63, 3.8) is 0 Å². The van der Waals surface area contributed by atoms with Crippen LogP contribution in [-0.4, -0.2) is 57.8 Å². The number of anilines is 2. The van der Waals surface area contributed by atoms with Gasteiger partial charge in [-0.25, -0.2) is 9.97 Å². The van der Waals surface area contributed by atoms with Gasteiger partial charge in [0, 0.05) is 42.6 Å². The summed E-state index contributed by atoms with van der Waals surface area (Å²) in [7, 11) is 3.95. The minimum atomic E-state index is -0.0660. The Morgan fingerprint density at radius 1 is 1.38 bits per heavy atom. The van der Waals surface area contributed by atoms with E-state index in [0.29, 0.717) is 5.82 Å². The molecule has 1 unspecified atom stereocenters. The summed E-state index contributed by atoms with van der Waals surface area (Å²) in [5.41, 5.74) is 0.798. The lowest BCUT2D eigenvalue weighted by Gasteiger charge is -2.24. The number of hydrogen-bond donors (Lipinski definition) is 1. The van der Waals surface area contributed by atoms with Gasteiger partial charge in [0.1, 0.15) is 5.69 Å². The highest BCUT2D eigenvalue weighted by Crippen LogP contribution is 2.35. The van der Waals surface area contributed by atoms with Gasteiger partial charge in [0.15, 0.2) is 10.9 Å². The third-order valence-corrected chi connectivity index (χ3v) is 4.98. The highest BCUT2D eigenvalue weighted by atomic mass is 32.1. The second kappa shape index (κ2) is 8.37. The van der Waals surface area contributed by atoms with Crippen LogP contribution >= 0.6 is 11.3 Å².